The van der Waals surface area contributed by atoms with E-state index >= 15 is 0 Å². The molecule has 99 valence electrons. The maximum absolute atomic E-state index is 8.59. The van der Waals surface area contributed by atoms with Gasteiger partial charge in [-0.05, 0) is 0 Å². The molecule has 0 atom stereocenters. The van der Waals surface area contributed by atoms with E-state index in [4.69, 9.17) is 47.8 Å². The predicted molar refractivity (Wildman–Crippen MR) is 9.87 cm³/mol. The predicted octanol–water partition coefficient (Wildman–Crippen LogP) is -8.24. The normalized spacial score (nSPS) is 10.2. The van der Waals surface area contributed by atoms with Crippen LogP contribution in [0.5, 0.6) is 0 Å². The van der Waals surface area contributed by atoms with Crippen molar-refractivity contribution in [2.24, 2.45) is 0 Å². The Morgan fingerprint density at radius 3 is 0.471 bits per heavy atom. The molecule has 0 aromatic carbocycles. The maximum atomic E-state index is 8.59. The van der Waals surface area contributed by atoms with Crippen molar-refractivity contribution >= 4 is 17.4 Å². The molecule has 17 heteroatoms. The molecule has 1 radical (unpaired) electrons. The van der Waals surface area contributed by atoms with Crippen LogP contribution in [0.15, 0.2) is 0 Å². The van der Waals surface area contributed by atoms with Gasteiger partial charge in [0.2, 0.25) is 0 Å². The molecule has 0 amide bonds. The van der Waals surface area contributed by atoms with Gasteiger partial charge in [-0.3, -0.25) is 0 Å². The van der Waals surface area contributed by atoms with Crippen molar-refractivity contribution in [3.8, 4) is 0 Å². The summed E-state index contributed by atoms with van der Waals surface area (Å²) >= 11 is -17.2. The van der Waals surface area contributed by atoms with Crippen molar-refractivity contribution in [3.05, 3.63) is 0 Å². The second-order valence-corrected chi connectivity index (χ2v) is 5.05. The minimum absolute atomic E-state index is 0. The molecule has 0 spiro atoms. The van der Waals surface area contributed by atoms with Crippen LogP contribution in [0.2, 0.25) is 0 Å². The van der Waals surface area contributed by atoms with Gasteiger partial charge in [0.15, 0.2) is 0 Å². The summed E-state index contributed by atoms with van der Waals surface area (Å²) in [7, 11) is 0. The second kappa shape index (κ2) is 12.3. The molecular weight excluding hydrogens is 427 g/mol. The molecule has 0 aromatic heterocycles. The first-order chi connectivity index (χ1) is 6.00. The van der Waals surface area contributed by atoms with Crippen molar-refractivity contribution in [2.45, 2.75) is 0 Å². The van der Waals surface area contributed by atoms with Crippen molar-refractivity contribution in [3.63, 3.8) is 0 Å². The van der Waals surface area contributed by atoms with Gasteiger partial charge in [0, 0.05) is 0 Å². The van der Waals surface area contributed by atoms with E-state index in [1.54, 1.807) is 0 Å². The molecule has 0 heterocycles. The Morgan fingerprint density at radius 2 is 0.471 bits per heavy atom. The Morgan fingerprint density at radius 1 is 0.471 bits per heavy atom. The van der Waals surface area contributed by atoms with E-state index in [2.05, 4.69) is 0 Å². The summed E-state index contributed by atoms with van der Waals surface area (Å²) in [5, 5.41) is 0. The topological polar surface area (TPSA) is 241 Å². The Bertz CT molecular complexity index is 339. The van der Waals surface area contributed by atoms with Crippen LogP contribution in [0.25, 0.3) is 0 Å². The van der Waals surface area contributed by atoms with Crippen LogP contribution < -0.4 is 24.9 Å². The zero-order chi connectivity index (χ0) is 13.5. The molecule has 0 fully saturated rings. The van der Waals surface area contributed by atoms with Crippen LogP contribution >= 0.6 is 0 Å². The average Bonchev–Trinajstić information content (AvgIpc) is 1.41. The van der Waals surface area contributed by atoms with Gasteiger partial charge in [-0.1, -0.05) is 0 Å². The van der Waals surface area contributed by atoms with Crippen LogP contribution in [0.4, 0.5) is 0 Å². The summed E-state index contributed by atoms with van der Waals surface area (Å²) < 4.78 is 103. The van der Waals surface area contributed by atoms with E-state index in [0.29, 0.717) is 0 Å². The second-order valence-electron chi connectivity index (χ2n) is 1.22. The molecule has 0 unspecified atom stereocenters. The fourth-order valence-corrected chi connectivity index (χ4v) is 0. The summed E-state index contributed by atoms with van der Waals surface area (Å²) in [6, 6.07) is 0. The first-order valence-corrected chi connectivity index (χ1v) is 8.25. The van der Waals surface area contributed by atoms with Crippen LogP contribution in [0.3, 0.4) is 0 Å². The van der Waals surface area contributed by atoms with Gasteiger partial charge >= 0.3 is 123 Å². The Hall–Kier alpha value is 1.22. The Balaban J connectivity index is -0.0000000400. The average molecular weight is 427 g/mol. The van der Waals surface area contributed by atoms with Crippen molar-refractivity contribution < 1.29 is 106 Å². The quantitative estimate of drug-likeness (QED) is 0.327. The molecule has 0 saturated carbocycles. The van der Waals surface area contributed by atoms with Crippen LogP contribution in [-0.2, 0) is 81.0 Å². The third-order valence-electron chi connectivity index (χ3n) is 0. The third-order valence-corrected chi connectivity index (χ3v) is 0. The van der Waals surface area contributed by atoms with Gasteiger partial charge in [-0.2, -0.15) is 0 Å². The molecule has 0 aliphatic carbocycles. The van der Waals surface area contributed by atoms with E-state index in [1.807, 2.05) is 0 Å². The first kappa shape index (κ1) is 30.9. The molecule has 0 aliphatic heterocycles. The van der Waals surface area contributed by atoms with Crippen molar-refractivity contribution in [2.75, 3.05) is 0 Å². The zero-order valence-electron chi connectivity index (χ0n) is 7.11. The minimum atomic E-state index is -5.75. The number of hydrogen-bond acceptors (Lipinski definition) is 12. The van der Waals surface area contributed by atoms with Crippen LogP contribution in [0.1, 0.15) is 0 Å². The van der Waals surface area contributed by atoms with E-state index in [9.17, 15) is 0 Å². The van der Waals surface area contributed by atoms with E-state index in [0.717, 1.165) is 0 Å². The standard InChI is InChI=1S/Al.4Cr.12O/q+3;;;;+3;;;;;;;6*-1. The van der Waals surface area contributed by atoms with Gasteiger partial charge in [-0.15, -0.1) is 0 Å². The van der Waals surface area contributed by atoms with Gasteiger partial charge < -0.3 is 0 Å². The SMILES string of the molecule is [Al+3].[Cr+3].[O]=[Cr](=[O])([O-])[O-].[O]=[Cr](=[O])([O-])[O-].[O]=[Cr](=[O])([O-])[O-]. The summed E-state index contributed by atoms with van der Waals surface area (Å²) in [5.74, 6) is 0. The number of hydrogen-bond donors (Lipinski definition) is 0. The van der Waals surface area contributed by atoms with Gasteiger partial charge in [-0.25, -0.2) is 0 Å². The van der Waals surface area contributed by atoms with Gasteiger partial charge in [0.05, 0.1) is 0 Å². The van der Waals surface area contributed by atoms with E-state index in [-0.39, 0.29) is 34.7 Å². The first-order valence-electron chi connectivity index (χ1n) is 2.00. The molecule has 0 aliphatic rings. The third kappa shape index (κ3) is 2670. The Labute approximate surface area is 122 Å². The van der Waals surface area contributed by atoms with Crippen molar-refractivity contribution in [1.29, 1.82) is 0 Å². The van der Waals surface area contributed by atoms with E-state index in [1.165, 1.54) is 0 Å². The fraction of sp³-hybridized carbons (Fsp3) is 0. The van der Waals surface area contributed by atoms with Crippen LogP contribution in [-0.4, -0.2) is 17.4 Å². The molecule has 0 bridgehead atoms. The molecular formula is AlCr4O12. The molecule has 0 saturated heterocycles. The molecule has 0 N–H and O–H groups in total. The van der Waals surface area contributed by atoms with Crippen molar-refractivity contribution in [1.82, 2.24) is 0 Å². The fourth-order valence-electron chi connectivity index (χ4n) is 0. The summed E-state index contributed by atoms with van der Waals surface area (Å²) in [4.78, 5) is 0. The summed E-state index contributed by atoms with van der Waals surface area (Å²) in [6.45, 7) is 0. The summed E-state index contributed by atoms with van der Waals surface area (Å²) in [5.41, 5.74) is 0. The molecule has 17 heavy (non-hydrogen) atoms. The molecule has 0 aromatic rings. The number of rotatable bonds is 0. The molecule has 12 nitrogen and oxygen atoms in total. The Kier molecular flexibility index (Phi) is 22.3. The monoisotopic (exact) mass is 427 g/mol. The van der Waals surface area contributed by atoms with Gasteiger partial charge in [0.1, 0.15) is 0 Å². The van der Waals surface area contributed by atoms with E-state index < -0.39 is 40.8 Å². The zero-order valence-corrected chi connectivity index (χ0v) is 13.4. The molecule has 0 rings (SSSR count). The van der Waals surface area contributed by atoms with Gasteiger partial charge in [0.25, 0.3) is 0 Å². The van der Waals surface area contributed by atoms with Crippen LogP contribution in [0, 0.1) is 0 Å². The summed E-state index contributed by atoms with van der Waals surface area (Å²) in [6.07, 6.45) is 0.